The first-order chi connectivity index (χ1) is 13.5. The maximum absolute atomic E-state index is 12.6. The average Bonchev–Trinajstić information content (AvgIpc) is 3.39. The first kappa shape index (κ1) is 19.7. The molecule has 0 saturated heterocycles. The zero-order chi connectivity index (χ0) is 19.9. The topological polar surface area (TPSA) is 77.8 Å². The number of ether oxygens (including phenoxy) is 2. The Morgan fingerprint density at radius 2 is 1.93 bits per heavy atom. The molecule has 0 bridgehead atoms. The van der Waals surface area contributed by atoms with E-state index in [1.54, 1.807) is 12.1 Å². The fourth-order valence-electron chi connectivity index (χ4n) is 2.56. The highest BCUT2D eigenvalue weighted by atomic mass is 32.1. The second-order valence-electron chi connectivity index (χ2n) is 6.19. The number of aryl methyl sites for hydroxylation is 1. The molecule has 3 rings (SSSR count). The number of esters is 1. The summed E-state index contributed by atoms with van der Waals surface area (Å²) in [5.74, 6) is 0.623. The van der Waals surface area contributed by atoms with Crippen molar-refractivity contribution < 1.29 is 23.5 Å². The maximum atomic E-state index is 12.6. The van der Waals surface area contributed by atoms with E-state index in [2.05, 4.69) is 5.32 Å². The minimum absolute atomic E-state index is 0.0485. The lowest BCUT2D eigenvalue weighted by molar-refractivity contribution is -0.141. The van der Waals surface area contributed by atoms with Gasteiger partial charge < -0.3 is 19.2 Å². The molecule has 28 heavy (non-hydrogen) atoms. The van der Waals surface area contributed by atoms with Gasteiger partial charge in [0.2, 0.25) is 0 Å². The van der Waals surface area contributed by atoms with Crippen molar-refractivity contribution in [3.8, 4) is 5.75 Å². The molecule has 1 N–H and O–H groups in total. The molecule has 0 radical (unpaired) electrons. The van der Waals surface area contributed by atoms with Crippen LogP contribution in [0.25, 0.3) is 0 Å². The summed E-state index contributed by atoms with van der Waals surface area (Å²) in [6.07, 6.45) is 0.0485. The lowest BCUT2D eigenvalue weighted by Gasteiger charge is -2.15. The number of hydrogen-bond acceptors (Lipinski definition) is 6. The van der Waals surface area contributed by atoms with Crippen LogP contribution in [0, 0.1) is 6.92 Å². The van der Waals surface area contributed by atoms with E-state index in [4.69, 9.17) is 13.9 Å². The minimum Gasteiger partial charge on any atom is -0.486 e. The third-order valence-electron chi connectivity index (χ3n) is 4.08. The van der Waals surface area contributed by atoms with Gasteiger partial charge in [0.15, 0.2) is 5.76 Å². The highest BCUT2D eigenvalue weighted by Crippen LogP contribution is 2.23. The Morgan fingerprint density at radius 1 is 1.14 bits per heavy atom. The Hall–Kier alpha value is -3.06. The maximum Gasteiger partial charge on any atom is 0.307 e. The number of benzene rings is 1. The summed E-state index contributed by atoms with van der Waals surface area (Å²) in [6.45, 7) is 2.22. The van der Waals surface area contributed by atoms with Gasteiger partial charge in [0.1, 0.15) is 18.1 Å². The average molecular weight is 399 g/mol. The SMILES string of the molecule is COC(=O)C[C@@H](NC(=O)c1ccc(COc2ccc(C)cc2)o1)c1cccs1. The predicted octanol–water partition coefficient (Wildman–Crippen LogP) is 4.26. The summed E-state index contributed by atoms with van der Waals surface area (Å²) >= 11 is 1.46. The number of amides is 1. The number of carbonyl (C=O) groups excluding carboxylic acids is 2. The van der Waals surface area contributed by atoms with Crippen molar-refractivity contribution in [1.29, 1.82) is 0 Å². The molecular weight excluding hydrogens is 378 g/mol. The van der Waals surface area contributed by atoms with E-state index < -0.39 is 17.9 Å². The predicted molar refractivity (Wildman–Crippen MR) is 105 cm³/mol. The summed E-state index contributed by atoms with van der Waals surface area (Å²) in [4.78, 5) is 25.1. The molecule has 7 heteroatoms. The van der Waals surface area contributed by atoms with Crippen LogP contribution in [-0.4, -0.2) is 19.0 Å². The smallest absolute Gasteiger partial charge is 0.307 e. The van der Waals surface area contributed by atoms with E-state index in [1.807, 2.05) is 48.7 Å². The Morgan fingerprint density at radius 3 is 2.61 bits per heavy atom. The number of rotatable bonds is 8. The van der Waals surface area contributed by atoms with Gasteiger partial charge in [0, 0.05) is 4.88 Å². The number of nitrogens with one attached hydrogen (secondary N) is 1. The van der Waals surface area contributed by atoms with E-state index in [0.29, 0.717) is 5.76 Å². The number of furan rings is 1. The first-order valence-corrected chi connectivity index (χ1v) is 9.62. The van der Waals surface area contributed by atoms with Crippen LogP contribution in [-0.2, 0) is 16.1 Å². The summed E-state index contributed by atoms with van der Waals surface area (Å²) in [6, 6.07) is 14.2. The Kier molecular flexibility index (Phi) is 6.49. The molecule has 6 nitrogen and oxygen atoms in total. The van der Waals surface area contributed by atoms with Crippen LogP contribution < -0.4 is 10.1 Å². The fraction of sp³-hybridized carbons (Fsp3) is 0.238. The van der Waals surface area contributed by atoms with Crippen molar-refractivity contribution in [2.75, 3.05) is 7.11 Å². The molecule has 0 aliphatic heterocycles. The van der Waals surface area contributed by atoms with Crippen LogP contribution in [0.2, 0.25) is 0 Å². The van der Waals surface area contributed by atoms with Crippen molar-refractivity contribution in [3.05, 3.63) is 75.9 Å². The van der Waals surface area contributed by atoms with Crippen LogP contribution in [0.1, 0.15) is 39.2 Å². The lowest BCUT2D eigenvalue weighted by Crippen LogP contribution is -2.29. The lowest BCUT2D eigenvalue weighted by atomic mass is 10.1. The van der Waals surface area contributed by atoms with Gasteiger partial charge in [-0.05, 0) is 42.6 Å². The second kappa shape index (κ2) is 9.23. The first-order valence-electron chi connectivity index (χ1n) is 8.74. The summed E-state index contributed by atoms with van der Waals surface area (Å²) in [5, 5.41) is 4.72. The Bertz CT molecular complexity index is 915. The molecule has 1 atom stereocenters. The van der Waals surface area contributed by atoms with Gasteiger partial charge >= 0.3 is 5.97 Å². The Balaban J connectivity index is 1.61. The molecule has 1 amide bonds. The number of carbonyl (C=O) groups is 2. The van der Waals surface area contributed by atoms with Gasteiger partial charge in [-0.1, -0.05) is 23.8 Å². The molecule has 0 aliphatic rings. The standard InChI is InChI=1S/C21H21NO5S/c1-14-5-7-15(8-6-14)26-13-16-9-10-18(27-16)21(24)22-17(12-20(23)25-2)19-4-3-11-28-19/h3-11,17H,12-13H2,1-2H3,(H,22,24)/t17-/m1/s1. The van der Waals surface area contributed by atoms with Gasteiger partial charge in [0.25, 0.3) is 5.91 Å². The number of hydrogen-bond donors (Lipinski definition) is 1. The van der Waals surface area contributed by atoms with E-state index in [0.717, 1.165) is 16.2 Å². The van der Waals surface area contributed by atoms with Crippen molar-refractivity contribution in [2.24, 2.45) is 0 Å². The normalized spacial score (nSPS) is 11.6. The number of methoxy groups -OCH3 is 1. The van der Waals surface area contributed by atoms with Crippen LogP contribution in [0.15, 0.2) is 58.3 Å². The second-order valence-corrected chi connectivity index (χ2v) is 7.17. The molecule has 0 fully saturated rings. The Labute approximate surface area is 167 Å². The minimum atomic E-state index is -0.475. The van der Waals surface area contributed by atoms with Crippen LogP contribution in [0.4, 0.5) is 0 Å². The summed E-state index contributed by atoms with van der Waals surface area (Å²) in [5.41, 5.74) is 1.15. The van der Waals surface area contributed by atoms with Crippen molar-refractivity contribution in [2.45, 2.75) is 26.0 Å². The molecule has 0 saturated carbocycles. The summed E-state index contributed by atoms with van der Waals surface area (Å²) in [7, 11) is 1.32. The highest BCUT2D eigenvalue weighted by molar-refractivity contribution is 7.10. The summed E-state index contributed by atoms with van der Waals surface area (Å²) < 4.78 is 16.0. The molecule has 1 aromatic carbocycles. The van der Waals surface area contributed by atoms with E-state index in [9.17, 15) is 9.59 Å². The van der Waals surface area contributed by atoms with Crippen LogP contribution in [0.5, 0.6) is 5.75 Å². The molecule has 2 heterocycles. The third kappa shape index (κ3) is 5.23. The molecular formula is C21H21NO5S. The van der Waals surface area contributed by atoms with Crippen molar-refractivity contribution in [1.82, 2.24) is 5.32 Å². The van der Waals surface area contributed by atoms with Gasteiger partial charge in [-0.15, -0.1) is 11.3 Å². The third-order valence-corrected chi connectivity index (χ3v) is 5.06. The molecule has 0 aliphatic carbocycles. The van der Waals surface area contributed by atoms with E-state index >= 15 is 0 Å². The molecule has 3 aromatic rings. The largest absolute Gasteiger partial charge is 0.486 e. The molecule has 2 aromatic heterocycles. The van der Waals surface area contributed by atoms with Gasteiger partial charge in [-0.25, -0.2) is 0 Å². The van der Waals surface area contributed by atoms with Gasteiger partial charge in [-0.3, -0.25) is 9.59 Å². The van der Waals surface area contributed by atoms with E-state index in [1.165, 1.54) is 18.4 Å². The molecule has 0 unspecified atom stereocenters. The van der Waals surface area contributed by atoms with Gasteiger partial charge in [-0.2, -0.15) is 0 Å². The molecule has 146 valence electrons. The van der Waals surface area contributed by atoms with Crippen LogP contribution >= 0.6 is 11.3 Å². The van der Waals surface area contributed by atoms with Crippen molar-refractivity contribution in [3.63, 3.8) is 0 Å². The molecule has 0 spiro atoms. The quantitative estimate of drug-likeness (QED) is 0.573. The monoisotopic (exact) mass is 399 g/mol. The van der Waals surface area contributed by atoms with E-state index in [-0.39, 0.29) is 18.8 Å². The number of thiophene rings is 1. The van der Waals surface area contributed by atoms with Crippen molar-refractivity contribution >= 4 is 23.2 Å². The fourth-order valence-corrected chi connectivity index (χ4v) is 3.34. The van der Waals surface area contributed by atoms with Gasteiger partial charge in [0.05, 0.1) is 19.6 Å². The highest BCUT2D eigenvalue weighted by Gasteiger charge is 2.22. The zero-order valence-electron chi connectivity index (χ0n) is 15.6. The zero-order valence-corrected chi connectivity index (χ0v) is 16.5. The van der Waals surface area contributed by atoms with Crippen LogP contribution in [0.3, 0.4) is 0 Å².